The fourth-order valence-electron chi connectivity index (χ4n) is 2.62. The monoisotopic (exact) mass is 268 g/mol. The number of aliphatic hydroxyl groups is 1. The first-order chi connectivity index (χ1) is 8.97. The summed E-state index contributed by atoms with van der Waals surface area (Å²) >= 11 is 0. The molecule has 1 aromatic rings. The molecule has 4 atom stereocenters. The molecule has 1 aromatic carbocycles. The van der Waals surface area contributed by atoms with Gasteiger partial charge in [0.1, 0.15) is 29.4 Å². The van der Waals surface area contributed by atoms with Gasteiger partial charge in [0.25, 0.3) is 0 Å². The second-order valence-corrected chi connectivity index (χ2v) is 5.45. The Labute approximate surface area is 111 Å². The van der Waals surface area contributed by atoms with Crippen LogP contribution in [0.5, 0.6) is 5.75 Å². The van der Waals surface area contributed by atoms with Crippen LogP contribution < -0.4 is 4.74 Å². The van der Waals surface area contributed by atoms with Crippen molar-refractivity contribution in [2.24, 2.45) is 0 Å². The molecule has 0 aromatic heterocycles. The van der Waals surface area contributed by atoms with Gasteiger partial charge in [-0.05, 0) is 25.5 Å². The zero-order valence-electron chi connectivity index (χ0n) is 10.9. The number of aryl methyl sites for hydroxylation is 1. The normalized spacial score (nSPS) is 37.4. The number of hydrogen-bond acceptors (Lipinski definition) is 4. The Morgan fingerprint density at radius 1 is 1.42 bits per heavy atom. The minimum absolute atomic E-state index is 0.227. The molecule has 104 valence electrons. The van der Waals surface area contributed by atoms with Crippen LogP contribution in [0.4, 0.5) is 4.39 Å². The highest BCUT2D eigenvalue weighted by Crippen LogP contribution is 2.36. The number of halogens is 1. The highest BCUT2D eigenvalue weighted by molar-refractivity contribution is 5.33. The van der Waals surface area contributed by atoms with Gasteiger partial charge in [-0.15, -0.1) is 0 Å². The van der Waals surface area contributed by atoms with Gasteiger partial charge in [0.05, 0.1) is 13.2 Å². The summed E-state index contributed by atoms with van der Waals surface area (Å²) in [7, 11) is 0. The van der Waals surface area contributed by atoms with E-state index < -0.39 is 5.60 Å². The molecule has 2 aliphatic rings. The lowest BCUT2D eigenvalue weighted by molar-refractivity contribution is -0.0555. The van der Waals surface area contributed by atoms with Crippen LogP contribution in [0.1, 0.15) is 12.5 Å². The summed E-state index contributed by atoms with van der Waals surface area (Å²) in [5.41, 5.74) is -0.130. The average Bonchev–Trinajstić information content (AvgIpc) is 2.87. The van der Waals surface area contributed by atoms with E-state index in [-0.39, 0.29) is 30.7 Å². The summed E-state index contributed by atoms with van der Waals surface area (Å²) in [6, 6.07) is 4.42. The third-order valence-corrected chi connectivity index (χ3v) is 3.71. The summed E-state index contributed by atoms with van der Waals surface area (Å²) in [5.74, 6) is 0.153. The summed E-state index contributed by atoms with van der Waals surface area (Å²) in [4.78, 5) is 0. The van der Waals surface area contributed by atoms with Crippen LogP contribution in [0, 0.1) is 12.7 Å². The number of hydrogen-bond donors (Lipinski definition) is 1. The highest BCUT2D eigenvalue weighted by Gasteiger charge is 2.54. The molecule has 0 radical (unpaired) electrons. The predicted molar refractivity (Wildman–Crippen MR) is 65.7 cm³/mol. The number of rotatable bonds is 2. The van der Waals surface area contributed by atoms with Crippen molar-refractivity contribution in [2.75, 3.05) is 13.2 Å². The zero-order valence-corrected chi connectivity index (χ0v) is 10.9. The van der Waals surface area contributed by atoms with E-state index in [9.17, 15) is 9.50 Å². The minimum Gasteiger partial charge on any atom is -0.485 e. The smallest absolute Gasteiger partial charge is 0.151 e. The van der Waals surface area contributed by atoms with E-state index >= 15 is 0 Å². The topological polar surface area (TPSA) is 47.9 Å². The maximum absolute atomic E-state index is 13.2. The Bertz CT molecular complexity index is 488. The minimum atomic E-state index is -0.986. The summed E-state index contributed by atoms with van der Waals surface area (Å²) in [5, 5.41) is 10.1. The molecule has 2 heterocycles. The summed E-state index contributed by atoms with van der Waals surface area (Å²) < 4.78 is 30.1. The van der Waals surface area contributed by atoms with Crippen molar-refractivity contribution in [3.05, 3.63) is 29.6 Å². The molecule has 0 spiro atoms. The van der Waals surface area contributed by atoms with Crippen LogP contribution in [0.15, 0.2) is 18.2 Å². The van der Waals surface area contributed by atoms with Crippen molar-refractivity contribution < 1.29 is 23.7 Å². The second-order valence-electron chi connectivity index (χ2n) is 5.45. The van der Waals surface area contributed by atoms with Crippen LogP contribution in [0.3, 0.4) is 0 Å². The van der Waals surface area contributed by atoms with E-state index in [1.807, 2.05) is 6.92 Å². The van der Waals surface area contributed by atoms with Crippen molar-refractivity contribution in [3.63, 3.8) is 0 Å². The Hall–Kier alpha value is -1.17. The standard InChI is InChI=1S/C14H17FO4/c1-8-3-4-9(15)5-10(8)19-11-6-17-13-12(11)18-7-14(13,2)16/h3-5,11-13,16H,6-7H2,1-2H3/t11-,12?,13?,14-/m1/s1. The van der Waals surface area contributed by atoms with Gasteiger partial charge < -0.3 is 19.3 Å². The first kappa shape index (κ1) is 12.8. The molecule has 19 heavy (non-hydrogen) atoms. The molecule has 4 nitrogen and oxygen atoms in total. The van der Waals surface area contributed by atoms with Gasteiger partial charge in [0, 0.05) is 6.07 Å². The number of fused-ring (bicyclic) bond motifs is 1. The maximum Gasteiger partial charge on any atom is 0.151 e. The molecule has 5 heteroatoms. The maximum atomic E-state index is 13.2. The molecule has 0 bridgehead atoms. The lowest BCUT2D eigenvalue weighted by Crippen LogP contribution is -2.41. The molecule has 3 rings (SSSR count). The molecule has 1 N–H and O–H groups in total. The first-order valence-corrected chi connectivity index (χ1v) is 6.36. The molecule has 2 aliphatic heterocycles. The quantitative estimate of drug-likeness (QED) is 0.881. The predicted octanol–water partition coefficient (Wildman–Crippen LogP) is 1.43. The average molecular weight is 268 g/mol. The molecule has 2 fully saturated rings. The number of benzene rings is 1. The van der Waals surface area contributed by atoms with Crippen molar-refractivity contribution in [1.82, 2.24) is 0 Å². The zero-order chi connectivity index (χ0) is 13.6. The first-order valence-electron chi connectivity index (χ1n) is 6.36. The number of ether oxygens (including phenoxy) is 3. The molecular formula is C14H17FO4. The fraction of sp³-hybridized carbons (Fsp3) is 0.571. The summed E-state index contributed by atoms with van der Waals surface area (Å²) in [6.45, 7) is 4.10. The molecule has 0 saturated carbocycles. The van der Waals surface area contributed by atoms with E-state index in [0.717, 1.165) is 5.56 Å². The van der Waals surface area contributed by atoms with Gasteiger partial charge in [-0.3, -0.25) is 0 Å². The second kappa shape index (κ2) is 4.44. The Kier molecular flexibility index (Phi) is 3.00. The van der Waals surface area contributed by atoms with E-state index in [4.69, 9.17) is 14.2 Å². The Morgan fingerprint density at radius 2 is 2.21 bits per heavy atom. The van der Waals surface area contributed by atoms with Crippen molar-refractivity contribution in [1.29, 1.82) is 0 Å². The lowest BCUT2D eigenvalue weighted by Gasteiger charge is -2.21. The molecule has 0 aliphatic carbocycles. The van der Waals surface area contributed by atoms with Crippen molar-refractivity contribution in [3.8, 4) is 5.75 Å². The van der Waals surface area contributed by atoms with Crippen LogP contribution in [0.25, 0.3) is 0 Å². The van der Waals surface area contributed by atoms with E-state index in [0.29, 0.717) is 12.4 Å². The fourth-order valence-corrected chi connectivity index (χ4v) is 2.62. The van der Waals surface area contributed by atoms with Crippen molar-refractivity contribution >= 4 is 0 Å². The van der Waals surface area contributed by atoms with E-state index in [2.05, 4.69) is 0 Å². The highest BCUT2D eigenvalue weighted by atomic mass is 19.1. The lowest BCUT2D eigenvalue weighted by atomic mass is 9.98. The van der Waals surface area contributed by atoms with Crippen molar-refractivity contribution in [2.45, 2.75) is 37.8 Å². The molecular weight excluding hydrogens is 251 g/mol. The van der Waals surface area contributed by atoms with Gasteiger partial charge in [0.15, 0.2) is 6.10 Å². The van der Waals surface area contributed by atoms with Gasteiger partial charge in [-0.2, -0.15) is 0 Å². The van der Waals surface area contributed by atoms with Crippen LogP contribution in [0.2, 0.25) is 0 Å². The largest absolute Gasteiger partial charge is 0.485 e. The molecule has 0 amide bonds. The third kappa shape index (κ3) is 2.22. The Balaban J connectivity index is 1.77. The SMILES string of the molecule is Cc1ccc(F)cc1O[C@@H]1COC2C1OC[C@@]2(C)O. The van der Waals surface area contributed by atoms with Gasteiger partial charge in [-0.25, -0.2) is 4.39 Å². The molecule has 2 unspecified atom stereocenters. The van der Waals surface area contributed by atoms with Crippen LogP contribution in [-0.2, 0) is 9.47 Å². The Morgan fingerprint density at radius 3 is 3.00 bits per heavy atom. The van der Waals surface area contributed by atoms with Gasteiger partial charge in [0.2, 0.25) is 0 Å². The van der Waals surface area contributed by atoms with E-state index in [1.54, 1.807) is 13.0 Å². The van der Waals surface area contributed by atoms with Crippen LogP contribution >= 0.6 is 0 Å². The summed E-state index contributed by atoms with van der Waals surface area (Å²) in [6.07, 6.45) is -1.01. The molecule has 2 saturated heterocycles. The van der Waals surface area contributed by atoms with Crippen LogP contribution in [-0.4, -0.2) is 42.2 Å². The third-order valence-electron chi connectivity index (χ3n) is 3.71. The van der Waals surface area contributed by atoms with Gasteiger partial charge in [-0.1, -0.05) is 6.07 Å². The van der Waals surface area contributed by atoms with Gasteiger partial charge >= 0.3 is 0 Å². The van der Waals surface area contributed by atoms with E-state index in [1.165, 1.54) is 12.1 Å².